The summed E-state index contributed by atoms with van der Waals surface area (Å²) in [4.78, 5) is 0. The van der Waals surface area contributed by atoms with Gasteiger partial charge < -0.3 is 0 Å². The lowest BCUT2D eigenvalue weighted by atomic mass is 9.93. The Bertz CT molecular complexity index is 919. The van der Waals surface area contributed by atoms with Gasteiger partial charge in [-0.05, 0) is 89.1 Å². The lowest BCUT2D eigenvalue weighted by molar-refractivity contribution is 0.586. The van der Waals surface area contributed by atoms with Crippen LogP contribution in [-0.4, -0.2) is 0 Å². The molecule has 26 heavy (non-hydrogen) atoms. The summed E-state index contributed by atoms with van der Waals surface area (Å²) in [7, 11) is 0. The smallest absolute Gasteiger partial charge is 0.00139 e. The van der Waals surface area contributed by atoms with Gasteiger partial charge in [-0.3, -0.25) is 0 Å². The molecule has 0 aliphatic heterocycles. The van der Waals surface area contributed by atoms with Crippen molar-refractivity contribution in [3.05, 3.63) is 88.0 Å². The molecule has 0 fully saturated rings. The molecular weight excluding hydrogens is 312 g/mol. The standard InChI is InChI=1S/C26H28/c1-18(2)7-8-20-9-11-23(15-19(20)3)24-13-14-26(17-24)25-12-10-21-5-4-6-22(21)16-25/h4,6,9-16,18H,5,7-8,17H2,1-3H3. The molecule has 0 aromatic heterocycles. The van der Waals surface area contributed by atoms with Crippen LogP contribution in [-0.2, 0) is 12.8 Å². The quantitative estimate of drug-likeness (QED) is 0.548. The van der Waals surface area contributed by atoms with E-state index in [1.54, 1.807) is 0 Å². The minimum Gasteiger partial charge on any atom is -0.0795 e. The topological polar surface area (TPSA) is 0 Å². The Balaban J connectivity index is 1.48. The van der Waals surface area contributed by atoms with E-state index < -0.39 is 0 Å². The predicted molar refractivity (Wildman–Crippen MR) is 114 cm³/mol. The molecule has 2 aromatic rings. The van der Waals surface area contributed by atoms with E-state index in [1.807, 2.05) is 0 Å². The summed E-state index contributed by atoms with van der Waals surface area (Å²) >= 11 is 0. The van der Waals surface area contributed by atoms with Crippen molar-refractivity contribution in [1.29, 1.82) is 0 Å². The summed E-state index contributed by atoms with van der Waals surface area (Å²) in [5, 5.41) is 0. The van der Waals surface area contributed by atoms with E-state index in [2.05, 4.69) is 81.5 Å². The molecule has 0 saturated carbocycles. The summed E-state index contributed by atoms with van der Waals surface area (Å²) in [5.74, 6) is 0.764. The average molecular weight is 341 g/mol. The van der Waals surface area contributed by atoms with Crippen molar-refractivity contribution >= 4 is 17.2 Å². The second-order valence-corrected chi connectivity index (χ2v) is 8.15. The zero-order chi connectivity index (χ0) is 18.1. The van der Waals surface area contributed by atoms with Gasteiger partial charge in [-0.25, -0.2) is 0 Å². The van der Waals surface area contributed by atoms with Crippen LogP contribution in [0.15, 0.2) is 54.6 Å². The maximum absolute atomic E-state index is 2.38. The molecule has 0 heterocycles. The highest BCUT2D eigenvalue weighted by Gasteiger charge is 2.15. The molecule has 0 N–H and O–H groups in total. The van der Waals surface area contributed by atoms with Crippen LogP contribution in [0, 0.1) is 12.8 Å². The molecule has 132 valence electrons. The summed E-state index contributed by atoms with van der Waals surface area (Å²) in [5.41, 5.74) is 11.4. The maximum atomic E-state index is 2.38. The number of fused-ring (bicyclic) bond motifs is 1. The monoisotopic (exact) mass is 340 g/mol. The van der Waals surface area contributed by atoms with Crippen LogP contribution in [0.5, 0.6) is 0 Å². The first-order valence-electron chi connectivity index (χ1n) is 9.89. The minimum absolute atomic E-state index is 0.764. The second-order valence-electron chi connectivity index (χ2n) is 8.15. The Kier molecular flexibility index (Phi) is 4.68. The van der Waals surface area contributed by atoms with Crippen LogP contribution < -0.4 is 0 Å². The lowest BCUT2D eigenvalue weighted by Crippen LogP contribution is -1.96. The molecule has 0 spiro atoms. The highest BCUT2D eigenvalue weighted by Crippen LogP contribution is 2.36. The van der Waals surface area contributed by atoms with Crippen molar-refractivity contribution in [2.24, 2.45) is 5.92 Å². The molecule has 0 amide bonds. The van der Waals surface area contributed by atoms with Crippen LogP contribution in [0.2, 0.25) is 0 Å². The van der Waals surface area contributed by atoms with Gasteiger partial charge in [-0.1, -0.05) is 68.5 Å². The van der Waals surface area contributed by atoms with Crippen molar-refractivity contribution in [2.75, 3.05) is 0 Å². The van der Waals surface area contributed by atoms with E-state index in [1.165, 1.54) is 57.4 Å². The average Bonchev–Trinajstić information content (AvgIpc) is 3.29. The van der Waals surface area contributed by atoms with E-state index in [9.17, 15) is 0 Å². The van der Waals surface area contributed by atoms with Gasteiger partial charge in [0.25, 0.3) is 0 Å². The van der Waals surface area contributed by atoms with Gasteiger partial charge in [0, 0.05) is 0 Å². The number of rotatable bonds is 5. The molecule has 0 saturated heterocycles. The van der Waals surface area contributed by atoms with Gasteiger partial charge >= 0.3 is 0 Å². The van der Waals surface area contributed by atoms with Gasteiger partial charge in [0.2, 0.25) is 0 Å². The van der Waals surface area contributed by atoms with Gasteiger partial charge in [0.15, 0.2) is 0 Å². The van der Waals surface area contributed by atoms with Crippen LogP contribution in [0.3, 0.4) is 0 Å². The van der Waals surface area contributed by atoms with Crippen molar-refractivity contribution in [3.63, 3.8) is 0 Å². The normalized spacial score (nSPS) is 15.4. The van der Waals surface area contributed by atoms with Crippen molar-refractivity contribution in [2.45, 2.75) is 46.5 Å². The minimum atomic E-state index is 0.764. The van der Waals surface area contributed by atoms with Crippen LogP contribution >= 0.6 is 0 Å². The largest absolute Gasteiger partial charge is 0.0795 e. The highest BCUT2D eigenvalue weighted by atomic mass is 14.2. The van der Waals surface area contributed by atoms with Crippen molar-refractivity contribution in [1.82, 2.24) is 0 Å². The number of hydrogen-bond acceptors (Lipinski definition) is 0. The third-order valence-electron chi connectivity index (χ3n) is 5.72. The summed E-state index contributed by atoms with van der Waals surface area (Å²) in [6, 6.07) is 14.0. The van der Waals surface area contributed by atoms with E-state index in [-0.39, 0.29) is 0 Å². The molecule has 0 atom stereocenters. The summed E-state index contributed by atoms with van der Waals surface area (Å²) in [6.45, 7) is 6.86. The number of benzene rings is 2. The fourth-order valence-electron chi connectivity index (χ4n) is 3.99. The van der Waals surface area contributed by atoms with Crippen molar-refractivity contribution < 1.29 is 0 Å². The fraction of sp³-hybridized carbons (Fsp3) is 0.308. The second kappa shape index (κ2) is 7.11. The molecule has 0 nitrogen and oxygen atoms in total. The van der Waals surface area contributed by atoms with Crippen LogP contribution in [0.4, 0.5) is 0 Å². The van der Waals surface area contributed by atoms with Crippen molar-refractivity contribution in [3.8, 4) is 0 Å². The SMILES string of the molecule is Cc1cc(C2=CC=C(c3ccc4c(c3)C=CC4)C2)ccc1CCC(C)C. The Hall–Kier alpha value is -2.34. The molecule has 0 radical (unpaired) electrons. The fourth-order valence-corrected chi connectivity index (χ4v) is 3.99. The molecular formula is C26H28. The number of hydrogen-bond donors (Lipinski definition) is 0. The molecule has 4 rings (SSSR count). The number of allylic oxidation sites excluding steroid dienone is 5. The van der Waals surface area contributed by atoms with Gasteiger partial charge in [0.05, 0.1) is 0 Å². The Morgan fingerprint density at radius 1 is 0.923 bits per heavy atom. The predicted octanol–water partition coefficient (Wildman–Crippen LogP) is 7.02. The highest BCUT2D eigenvalue weighted by molar-refractivity contribution is 5.87. The first kappa shape index (κ1) is 17.1. The molecule has 2 aromatic carbocycles. The van der Waals surface area contributed by atoms with E-state index in [0.717, 1.165) is 18.8 Å². The Morgan fingerprint density at radius 2 is 1.65 bits per heavy atom. The first-order chi connectivity index (χ1) is 12.6. The third kappa shape index (κ3) is 3.46. The molecule has 2 aliphatic rings. The lowest BCUT2D eigenvalue weighted by Gasteiger charge is -2.12. The molecule has 0 bridgehead atoms. The Labute approximate surface area is 158 Å². The van der Waals surface area contributed by atoms with E-state index in [0.29, 0.717) is 0 Å². The van der Waals surface area contributed by atoms with Gasteiger partial charge in [-0.15, -0.1) is 0 Å². The van der Waals surface area contributed by atoms with Gasteiger partial charge in [-0.2, -0.15) is 0 Å². The number of aryl methyl sites for hydroxylation is 2. The molecule has 2 aliphatic carbocycles. The molecule has 0 unspecified atom stereocenters. The van der Waals surface area contributed by atoms with E-state index >= 15 is 0 Å². The van der Waals surface area contributed by atoms with Crippen LogP contribution in [0.25, 0.3) is 17.2 Å². The van der Waals surface area contributed by atoms with E-state index in [4.69, 9.17) is 0 Å². The zero-order valence-corrected chi connectivity index (χ0v) is 16.2. The molecule has 0 heteroatoms. The van der Waals surface area contributed by atoms with Gasteiger partial charge in [0.1, 0.15) is 0 Å². The maximum Gasteiger partial charge on any atom is -0.00139 e. The van der Waals surface area contributed by atoms with Crippen LogP contribution in [0.1, 0.15) is 60.1 Å². The summed E-state index contributed by atoms with van der Waals surface area (Å²) < 4.78 is 0. The first-order valence-corrected chi connectivity index (χ1v) is 9.89. The zero-order valence-electron chi connectivity index (χ0n) is 16.2. The summed E-state index contributed by atoms with van der Waals surface area (Å²) in [6.07, 6.45) is 13.7. The third-order valence-corrected chi connectivity index (χ3v) is 5.72. The Morgan fingerprint density at radius 3 is 2.38 bits per heavy atom.